The molecule has 0 radical (unpaired) electrons. The lowest BCUT2D eigenvalue weighted by molar-refractivity contribution is 0.102. The van der Waals surface area contributed by atoms with E-state index in [1.165, 1.54) is 23.0 Å². The molecule has 100 valence electrons. The standard InChI is InChI=1S/C13H8F2N4O/c14-9-3-1-4-10(15)11(9)18-13(20)8-7-17-19-6-2-5-16-12(8)19/h1-7H,(H,18,20). The van der Waals surface area contributed by atoms with Gasteiger partial charge in [0.1, 0.15) is 22.9 Å². The topological polar surface area (TPSA) is 59.3 Å². The van der Waals surface area contributed by atoms with Crippen LogP contribution >= 0.6 is 0 Å². The number of hydrogen-bond donors (Lipinski definition) is 1. The van der Waals surface area contributed by atoms with Gasteiger partial charge in [-0.05, 0) is 18.2 Å². The van der Waals surface area contributed by atoms with Crippen LogP contribution in [0.25, 0.3) is 5.65 Å². The van der Waals surface area contributed by atoms with Crippen molar-refractivity contribution in [1.29, 1.82) is 0 Å². The zero-order valence-corrected chi connectivity index (χ0v) is 10.0. The van der Waals surface area contributed by atoms with Crippen molar-refractivity contribution in [3.63, 3.8) is 0 Å². The summed E-state index contributed by atoms with van der Waals surface area (Å²) in [5, 5.41) is 6.12. The van der Waals surface area contributed by atoms with Crippen molar-refractivity contribution in [2.75, 3.05) is 5.32 Å². The van der Waals surface area contributed by atoms with Gasteiger partial charge < -0.3 is 5.32 Å². The number of fused-ring (bicyclic) bond motifs is 1. The zero-order chi connectivity index (χ0) is 14.1. The number of halogens is 2. The van der Waals surface area contributed by atoms with Gasteiger partial charge in [0.05, 0.1) is 6.20 Å². The van der Waals surface area contributed by atoms with Crippen LogP contribution in [-0.4, -0.2) is 20.5 Å². The minimum Gasteiger partial charge on any atom is -0.317 e. The van der Waals surface area contributed by atoms with E-state index in [9.17, 15) is 13.6 Å². The summed E-state index contributed by atoms with van der Waals surface area (Å²) in [5.41, 5.74) is -0.0530. The first-order valence-electron chi connectivity index (χ1n) is 5.70. The third-order valence-electron chi connectivity index (χ3n) is 2.73. The smallest absolute Gasteiger partial charge is 0.261 e. The fourth-order valence-corrected chi connectivity index (χ4v) is 1.79. The predicted octanol–water partition coefficient (Wildman–Crippen LogP) is 2.26. The summed E-state index contributed by atoms with van der Waals surface area (Å²) >= 11 is 0. The number of benzene rings is 1. The highest BCUT2D eigenvalue weighted by atomic mass is 19.1. The maximum Gasteiger partial charge on any atom is 0.261 e. The molecule has 3 rings (SSSR count). The molecular weight excluding hydrogens is 266 g/mol. The largest absolute Gasteiger partial charge is 0.317 e. The number of rotatable bonds is 2. The highest BCUT2D eigenvalue weighted by molar-refractivity contribution is 6.08. The van der Waals surface area contributed by atoms with Crippen LogP contribution in [0, 0.1) is 11.6 Å². The molecule has 0 bridgehead atoms. The van der Waals surface area contributed by atoms with Crippen molar-refractivity contribution in [3.05, 3.63) is 60.1 Å². The van der Waals surface area contributed by atoms with Crippen LogP contribution < -0.4 is 5.32 Å². The monoisotopic (exact) mass is 274 g/mol. The number of carbonyl (C=O) groups excluding carboxylic acids is 1. The number of anilines is 1. The zero-order valence-electron chi connectivity index (χ0n) is 10.0. The Kier molecular flexibility index (Phi) is 2.86. The van der Waals surface area contributed by atoms with Crippen LogP contribution in [0.5, 0.6) is 0 Å². The number of nitrogens with zero attached hydrogens (tertiary/aromatic N) is 3. The Balaban J connectivity index is 1.98. The highest BCUT2D eigenvalue weighted by Gasteiger charge is 2.17. The van der Waals surface area contributed by atoms with E-state index in [0.29, 0.717) is 5.65 Å². The number of amides is 1. The van der Waals surface area contributed by atoms with Gasteiger partial charge in [-0.3, -0.25) is 4.79 Å². The maximum atomic E-state index is 13.5. The lowest BCUT2D eigenvalue weighted by Gasteiger charge is -2.06. The normalized spacial score (nSPS) is 10.7. The number of nitrogens with one attached hydrogen (secondary N) is 1. The molecule has 1 N–H and O–H groups in total. The molecule has 0 unspecified atom stereocenters. The maximum absolute atomic E-state index is 13.5. The summed E-state index contributed by atoms with van der Waals surface area (Å²) < 4.78 is 28.3. The molecule has 0 aliphatic heterocycles. The molecular formula is C13H8F2N4O. The van der Waals surface area contributed by atoms with Gasteiger partial charge in [-0.15, -0.1) is 0 Å². The van der Waals surface area contributed by atoms with Gasteiger partial charge in [0.2, 0.25) is 0 Å². The Labute approximate surface area is 111 Å². The lowest BCUT2D eigenvalue weighted by atomic mass is 10.2. The Morgan fingerprint density at radius 3 is 2.70 bits per heavy atom. The molecule has 20 heavy (non-hydrogen) atoms. The van der Waals surface area contributed by atoms with Crippen LogP contribution in [0.15, 0.2) is 42.9 Å². The molecule has 7 heteroatoms. The van der Waals surface area contributed by atoms with Gasteiger partial charge in [0.15, 0.2) is 5.65 Å². The van der Waals surface area contributed by atoms with E-state index in [4.69, 9.17) is 0 Å². The van der Waals surface area contributed by atoms with Gasteiger partial charge >= 0.3 is 0 Å². The van der Waals surface area contributed by atoms with Crippen molar-refractivity contribution in [2.45, 2.75) is 0 Å². The van der Waals surface area contributed by atoms with E-state index in [2.05, 4.69) is 15.4 Å². The summed E-state index contributed by atoms with van der Waals surface area (Å²) in [6.07, 6.45) is 4.40. The average Bonchev–Trinajstić information content (AvgIpc) is 2.87. The number of aromatic nitrogens is 3. The molecule has 1 amide bonds. The molecule has 0 atom stereocenters. The fraction of sp³-hybridized carbons (Fsp3) is 0. The van der Waals surface area contributed by atoms with Gasteiger partial charge in [0.25, 0.3) is 5.91 Å². The van der Waals surface area contributed by atoms with Crippen molar-refractivity contribution in [2.24, 2.45) is 0 Å². The summed E-state index contributed by atoms with van der Waals surface area (Å²) in [6.45, 7) is 0. The first-order valence-corrected chi connectivity index (χ1v) is 5.70. The summed E-state index contributed by atoms with van der Waals surface area (Å²) in [7, 11) is 0. The highest BCUT2D eigenvalue weighted by Crippen LogP contribution is 2.19. The van der Waals surface area contributed by atoms with Crippen LogP contribution in [0.2, 0.25) is 0 Å². The summed E-state index contributed by atoms with van der Waals surface area (Å²) in [6, 6.07) is 5.00. The fourth-order valence-electron chi connectivity index (χ4n) is 1.79. The van der Waals surface area contributed by atoms with Crippen LogP contribution in [0.4, 0.5) is 14.5 Å². The van der Waals surface area contributed by atoms with E-state index in [0.717, 1.165) is 12.1 Å². The minimum absolute atomic E-state index is 0.133. The summed E-state index contributed by atoms with van der Waals surface area (Å²) in [5.74, 6) is -2.37. The molecule has 0 saturated heterocycles. The molecule has 0 fully saturated rings. The van der Waals surface area contributed by atoms with Crippen molar-refractivity contribution in [3.8, 4) is 0 Å². The van der Waals surface area contributed by atoms with Gasteiger partial charge in [-0.2, -0.15) is 5.10 Å². The van der Waals surface area contributed by atoms with E-state index < -0.39 is 23.2 Å². The average molecular weight is 274 g/mol. The van der Waals surface area contributed by atoms with Gasteiger partial charge in [-0.1, -0.05) is 6.07 Å². The van der Waals surface area contributed by atoms with E-state index in [1.54, 1.807) is 12.3 Å². The third-order valence-corrected chi connectivity index (χ3v) is 2.73. The second-order valence-electron chi connectivity index (χ2n) is 4.00. The molecule has 2 heterocycles. The number of carbonyl (C=O) groups is 1. The Bertz CT molecular complexity index is 780. The second-order valence-corrected chi connectivity index (χ2v) is 4.00. The van der Waals surface area contributed by atoms with Gasteiger partial charge in [-0.25, -0.2) is 18.3 Å². The Morgan fingerprint density at radius 2 is 1.95 bits per heavy atom. The molecule has 0 aliphatic rings. The Hall–Kier alpha value is -2.83. The van der Waals surface area contributed by atoms with Crippen LogP contribution in [0.1, 0.15) is 10.4 Å². The quantitative estimate of drug-likeness (QED) is 0.779. The molecule has 1 aromatic carbocycles. The molecule has 0 spiro atoms. The SMILES string of the molecule is O=C(Nc1c(F)cccc1F)c1cnn2cccnc12. The molecule has 3 aromatic rings. The predicted molar refractivity (Wildman–Crippen MR) is 67.3 cm³/mol. The van der Waals surface area contributed by atoms with Crippen molar-refractivity contribution >= 4 is 17.2 Å². The molecule has 2 aromatic heterocycles. The van der Waals surface area contributed by atoms with Gasteiger partial charge in [0, 0.05) is 12.4 Å². The van der Waals surface area contributed by atoms with E-state index >= 15 is 0 Å². The van der Waals surface area contributed by atoms with Crippen LogP contribution in [0.3, 0.4) is 0 Å². The molecule has 0 aliphatic carbocycles. The summed E-state index contributed by atoms with van der Waals surface area (Å²) in [4.78, 5) is 16.1. The number of hydrogen-bond acceptors (Lipinski definition) is 3. The van der Waals surface area contributed by atoms with Crippen molar-refractivity contribution in [1.82, 2.24) is 14.6 Å². The minimum atomic E-state index is -0.845. The lowest BCUT2D eigenvalue weighted by Crippen LogP contribution is -2.14. The van der Waals surface area contributed by atoms with E-state index in [1.807, 2.05) is 0 Å². The first-order chi connectivity index (χ1) is 9.66. The van der Waals surface area contributed by atoms with Crippen LogP contribution in [-0.2, 0) is 0 Å². The Morgan fingerprint density at radius 1 is 1.20 bits per heavy atom. The second kappa shape index (κ2) is 4.69. The third kappa shape index (κ3) is 1.99. The molecule has 5 nitrogen and oxygen atoms in total. The van der Waals surface area contributed by atoms with E-state index in [-0.39, 0.29) is 5.56 Å². The van der Waals surface area contributed by atoms with Crippen molar-refractivity contribution < 1.29 is 13.6 Å². The molecule has 0 saturated carbocycles. The number of para-hydroxylation sites is 1. The first kappa shape index (κ1) is 12.2.